The van der Waals surface area contributed by atoms with Gasteiger partial charge in [0.1, 0.15) is 5.54 Å². The number of nitrogens with one attached hydrogen (secondary N) is 2. The van der Waals surface area contributed by atoms with Gasteiger partial charge in [0.15, 0.2) is 5.69 Å². The lowest BCUT2D eigenvalue weighted by atomic mass is 9.91. The zero-order chi connectivity index (χ0) is 25.2. The number of halogens is 3. The number of anilines is 1. The Kier molecular flexibility index (Phi) is 7.20. The summed E-state index contributed by atoms with van der Waals surface area (Å²) in [4.78, 5) is 18.5. The largest absolute Gasteiger partial charge is 0.407 e. The first kappa shape index (κ1) is 25.2. The Bertz CT molecular complexity index is 1090. The summed E-state index contributed by atoms with van der Waals surface area (Å²) < 4.78 is 41.4. The predicted octanol–water partition coefficient (Wildman–Crippen LogP) is 4.62. The van der Waals surface area contributed by atoms with Gasteiger partial charge in [-0.25, -0.2) is 4.85 Å². The average Bonchev–Trinajstić information content (AvgIpc) is 3.52. The number of piperidine rings is 1. The first-order chi connectivity index (χ1) is 16.6. The fraction of sp³-hybridized carbons (Fsp3) is 0.560. The van der Waals surface area contributed by atoms with Gasteiger partial charge in [0.25, 0.3) is 5.91 Å². The highest BCUT2D eigenvalue weighted by atomic mass is 19.4. The summed E-state index contributed by atoms with van der Waals surface area (Å²) in [6.07, 6.45) is 2.30. The quantitative estimate of drug-likeness (QED) is 0.583. The van der Waals surface area contributed by atoms with Crippen LogP contribution >= 0.6 is 0 Å². The van der Waals surface area contributed by atoms with Gasteiger partial charge in [-0.05, 0) is 88.8 Å². The third kappa shape index (κ3) is 5.68. The maximum absolute atomic E-state index is 13.3. The van der Waals surface area contributed by atoms with Crippen molar-refractivity contribution in [2.24, 2.45) is 5.92 Å². The van der Waals surface area contributed by atoms with E-state index in [0.717, 1.165) is 69.2 Å². The van der Waals surface area contributed by atoms with E-state index in [-0.39, 0.29) is 5.69 Å². The smallest absolute Gasteiger partial charge is 0.324 e. The minimum atomic E-state index is -4.68. The molecule has 2 aliphatic rings. The van der Waals surface area contributed by atoms with E-state index in [1.807, 2.05) is 6.20 Å². The van der Waals surface area contributed by atoms with Crippen LogP contribution in [0.4, 0.5) is 24.5 Å². The number of likely N-dealkylation sites (tertiary alicyclic amines) is 1. The molecular weight excluding hydrogens is 457 g/mol. The zero-order valence-corrected chi connectivity index (χ0v) is 20.0. The van der Waals surface area contributed by atoms with Crippen molar-refractivity contribution in [2.75, 3.05) is 38.0 Å². The summed E-state index contributed by atoms with van der Waals surface area (Å²) in [6.45, 7) is 15.7. The van der Waals surface area contributed by atoms with Gasteiger partial charge in [0.05, 0.1) is 18.3 Å². The number of carbonyl (C=O) groups is 1. The monoisotopic (exact) mass is 488 g/mol. The Morgan fingerprint density at radius 2 is 2.00 bits per heavy atom. The van der Waals surface area contributed by atoms with Crippen LogP contribution in [-0.2, 0) is 16.5 Å². The Balaban J connectivity index is 1.39. The second-order valence-electron chi connectivity index (χ2n) is 10.0. The number of aromatic nitrogens is 2. The third-order valence-corrected chi connectivity index (χ3v) is 7.15. The highest BCUT2D eigenvalue weighted by Crippen LogP contribution is 2.38. The van der Waals surface area contributed by atoms with E-state index < -0.39 is 28.9 Å². The van der Waals surface area contributed by atoms with E-state index in [2.05, 4.69) is 25.5 Å². The van der Waals surface area contributed by atoms with Gasteiger partial charge < -0.3 is 15.5 Å². The van der Waals surface area contributed by atoms with Crippen LogP contribution in [0.5, 0.6) is 0 Å². The number of hydrogen-bond acceptors (Lipinski definition) is 4. The molecule has 10 heteroatoms. The molecule has 2 N–H and O–H groups in total. The van der Waals surface area contributed by atoms with Gasteiger partial charge >= 0.3 is 6.18 Å². The minimum absolute atomic E-state index is 0.0139. The standard InChI is InChI=1S/C25H31F3N6O/c1-24(2,23(35)32-20-4-5-22(29-3)21(12-20)25(26,27)28)34-16-19(14-31-34)18-7-10-33(11-8-18)15-17-6-9-30-13-17/h4-5,12,14,16-18,30H,6-11,13,15H2,1-2H3,(H,32,35). The summed E-state index contributed by atoms with van der Waals surface area (Å²) in [5.74, 6) is 0.616. The molecule has 7 nitrogen and oxygen atoms in total. The van der Waals surface area contributed by atoms with E-state index in [1.54, 1.807) is 24.7 Å². The molecule has 35 heavy (non-hydrogen) atoms. The van der Waals surface area contributed by atoms with Crippen LogP contribution in [0.1, 0.15) is 50.2 Å². The molecule has 1 aromatic carbocycles. The van der Waals surface area contributed by atoms with Gasteiger partial charge in [-0.1, -0.05) is 6.07 Å². The van der Waals surface area contributed by atoms with Crippen molar-refractivity contribution in [3.8, 4) is 0 Å². The first-order valence-electron chi connectivity index (χ1n) is 12.0. The summed E-state index contributed by atoms with van der Waals surface area (Å²) in [7, 11) is 0. The molecule has 188 valence electrons. The van der Waals surface area contributed by atoms with Crippen molar-refractivity contribution >= 4 is 17.3 Å². The van der Waals surface area contributed by atoms with Crippen molar-refractivity contribution in [1.82, 2.24) is 20.0 Å². The number of amides is 1. The molecule has 4 rings (SSSR count). The number of benzene rings is 1. The Morgan fingerprint density at radius 3 is 2.63 bits per heavy atom. The molecule has 1 atom stereocenters. The summed E-state index contributed by atoms with van der Waals surface area (Å²) >= 11 is 0. The van der Waals surface area contributed by atoms with Crippen molar-refractivity contribution in [2.45, 2.75) is 50.7 Å². The van der Waals surface area contributed by atoms with Gasteiger partial charge in [0, 0.05) is 18.4 Å². The second kappa shape index (κ2) is 9.99. The fourth-order valence-corrected chi connectivity index (χ4v) is 4.86. The third-order valence-electron chi connectivity index (χ3n) is 7.15. The number of carbonyl (C=O) groups excluding carboxylic acids is 1. The molecule has 3 heterocycles. The van der Waals surface area contributed by atoms with Crippen molar-refractivity contribution in [3.05, 3.63) is 53.1 Å². The Labute approximate surface area is 203 Å². The maximum Gasteiger partial charge on any atom is 0.407 e. The summed E-state index contributed by atoms with van der Waals surface area (Å²) in [6, 6.07) is 3.17. The number of nitrogens with zero attached hydrogens (tertiary/aromatic N) is 4. The molecule has 0 saturated carbocycles. The van der Waals surface area contributed by atoms with Gasteiger partial charge in [-0.15, -0.1) is 0 Å². The molecule has 1 amide bonds. The van der Waals surface area contributed by atoms with E-state index in [4.69, 9.17) is 6.57 Å². The molecule has 2 aliphatic heterocycles. The molecule has 1 aromatic heterocycles. The van der Waals surface area contributed by atoms with E-state index in [9.17, 15) is 18.0 Å². The van der Waals surface area contributed by atoms with Crippen LogP contribution in [0.15, 0.2) is 30.6 Å². The van der Waals surface area contributed by atoms with Crippen molar-refractivity contribution < 1.29 is 18.0 Å². The van der Waals surface area contributed by atoms with Gasteiger partial charge in [0.2, 0.25) is 0 Å². The van der Waals surface area contributed by atoms with Gasteiger partial charge in [-0.3, -0.25) is 9.48 Å². The lowest BCUT2D eigenvalue weighted by Crippen LogP contribution is -2.40. The number of alkyl halides is 3. The highest BCUT2D eigenvalue weighted by Gasteiger charge is 2.35. The van der Waals surface area contributed by atoms with Crippen LogP contribution in [0.25, 0.3) is 4.85 Å². The molecule has 0 bridgehead atoms. The van der Waals surface area contributed by atoms with Crippen molar-refractivity contribution in [1.29, 1.82) is 0 Å². The average molecular weight is 489 g/mol. The van der Waals surface area contributed by atoms with Crippen LogP contribution in [0, 0.1) is 12.5 Å². The summed E-state index contributed by atoms with van der Waals surface area (Å²) in [5.41, 5.74) is -1.63. The molecule has 2 fully saturated rings. The van der Waals surface area contributed by atoms with E-state index in [1.165, 1.54) is 12.5 Å². The van der Waals surface area contributed by atoms with Crippen LogP contribution < -0.4 is 10.6 Å². The molecular formula is C25H31F3N6O. The molecule has 2 aromatic rings. The minimum Gasteiger partial charge on any atom is -0.324 e. The Hall–Kier alpha value is -2.90. The van der Waals surface area contributed by atoms with Crippen LogP contribution in [0.2, 0.25) is 0 Å². The zero-order valence-electron chi connectivity index (χ0n) is 20.0. The SMILES string of the molecule is [C-]#[N+]c1ccc(NC(=O)C(C)(C)n2cc(C3CCN(CC4CCNC4)CC3)cn2)cc1C(F)(F)F. The number of hydrogen-bond donors (Lipinski definition) is 2. The lowest BCUT2D eigenvalue weighted by molar-refractivity contribution is -0.136. The van der Waals surface area contributed by atoms with Crippen molar-refractivity contribution in [3.63, 3.8) is 0 Å². The maximum atomic E-state index is 13.3. The van der Waals surface area contributed by atoms with E-state index >= 15 is 0 Å². The van der Waals surface area contributed by atoms with Crippen LogP contribution in [-0.4, -0.2) is 53.3 Å². The molecule has 0 radical (unpaired) electrons. The molecule has 0 aliphatic carbocycles. The van der Waals surface area contributed by atoms with Crippen LogP contribution in [0.3, 0.4) is 0 Å². The highest BCUT2D eigenvalue weighted by molar-refractivity contribution is 5.96. The Morgan fingerprint density at radius 1 is 1.26 bits per heavy atom. The lowest BCUT2D eigenvalue weighted by Gasteiger charge is -2.33. The number of rotatable bonds is 6. The molecule has 2 saturated heterocycles. The van der Waals surface area contributed by atoms with E-state index in [0.29, 0.717) is 5.92 Å². The molecule has 1 unspecified atom stereocenters. The first-order valence-corrected chi connectivity index (χ1v) is 12.0. The van der Waals surface area contributed by atoms with Gasteiger partial charge in [-0.2, -0.15) is 18.3 Å². The normalized spacial score (nSPS) is 20.1. The fourth-order valence-electron chi connectivity index (χ4n) is 4.86. The predicted molar refractivity (Wildman–Crippen MR) is 127 cm³/mol. The second-order valence-corrected chi connectivity index (χ2v) is 10.0. The summed E-state index contributed by atoms with van der Waals surface area (Å²) in [5, 5.41) is 10.4. The molecule has 0 spiro atoms. The topological polar surface area (TPSA) is 66.6 Å².